The van der Waals surface area contributed by atoms with Crippen molar-refractivity contribution in [3.63, 3.8) is 0 Å². The lowest BCUT2D eigenvalue weighted by Crippen LogP contribution is -2.50. The summed E-state index contributed by atoms with van der Waals surface area (Å²) in [5.74, 6) is 0.918. The van der Waals surface area contributed by atoms with Gasteiger partial charge in [-0.3, -0.25) is 4.90 Å². The molecule has 1 aromatic carbocycles. The molecule has 1 aliphatic heterocycles. The summed E-state index contributed by atoms with van der Waals surface area (Å²) < 4.78 is 37.3. The predicted molar refractivity (Wildman–Crippen MR) is 88.3 cm³/mol. The van der Waals surface area contributed by atoms with Crippen molar-refractivity contribution >= 4 is 22.7 Å². The third-order valence-corrected chi connectivity index (χ3v) is 6.02. The lowest BCUT2D eigenvalue weighted by atomic mass is 10.3. The number of rotatable bonds is 5. The lowest BCUT2D eigenvalue weighted by molar-refractivity contribution is 0.184. The van der Waals surface area contributed by atoms with E-state index in [1.807, 2.05) is 6.92 Å². The molecular formula is C14H22N2O4S2. The van der Waals surface area contributed by atoms with Crippen LogP contribution in [0.2, 0.25) is 0 Å². The summed E-state index contributed by atoms with van der Waals surface area (Å²) in [7, 11) is -0.518. The third kappa shape index (κ3) is 3.51. The van der Waals surface area contributed by atoms with Crippen molar-refractivity contribution in [1.29, 1.82) is 0 Å². The van der Waals surface area contributed by atoms with Crippen molar-refractivity contribution in [2.75, 3.05) is 40.4 Å². The number of nitrogens with zero attached hydrogens (tertiary/aromatic N) is 2. The first-order valence-corrected chi connectivity index (χ1v) is 9.00. The number of methoxy groups -OCH3 is 2. The molecule has 0 amide bonds. The van der Waals surface area contributed by atoms with Crippen LogP contribution in [0.5, 0.6) is 11.5 Å². The molecule has 1 atom stereocenters. The zero-order chi connectivity index (χ0) is 16.3. The van der Waals surface area contributed by atoms with Crippen LogP contribution in [0.25, 0.3) is 0 Å². The lowest BCUT2D eigenvalue weighted by Gasteiger charge is -2.35. The van der Waals surface area contributed by atoms with Gasteiger partial charge in [0, 0.05) is 37.6 Å². The van der Waals surface area contributed by atoms with Gasteiger partial charge in [-0.25, -0.2) is 8.42 Å². The highest BCUT2D eigenvalue weighted by Gasteiger charge is 2.30. The minimum Gasteiger partial charge on any atom is -0.493 e. The summed E-state index contributed by atoms with van der Waals surface area (Å²) >= 11 is 4.39. The fourth-order valence-electron chi connectivity index (χ4n) is 2.44. The summed E-state index contributed by atoms with van der Waals surface area (Å²) in [5.41, 5.74) is 0. The van der Waals surface area contributed by atoms with E-state index in [1.54, 1.807) is 12.1 Å². The molecule has 1 aromatic rings. The van der Waals surface area contributed by atoms with E-state index in [0.717, 1.165) is 0 Å². The minimum absolute atomic E-state index is 0.130. The van der Waals surface area contributed by atoms with Gasteiger partial charge in [0.25, 0.3) is 0 Å². The second-order valence-electron chi connectivity index (χ2n) is 5.09. The van der Waals surface area contributed by atoms with E-state index in [4.69, 9.17) is 9.47 Å². The van der Waals surface area contributed by atoms with Gasteiger partial charge < -0.3 is 9.47 Å². The van der Waals surface area contributed by atoms with Gasteiger partial charge >= 0.3 is 0 Å². The molecule has 1 unspecified atom stereocenters. The van der Waals surface area contributed by atoms with E-state index >= 15 is 0 Å². The van der Waals surface area contributed by atoms with Crippen LogP contribution in [0.15, 0.2) is 23.1 Å². The maximum atomic E-state index is 12.7. The van der Waals surface area contributed by atoms with E-state index in [0.29, 0.717) is 37.7 Å². The fourth-order valence-corrected chi connectivity index (χ4v) is 4.11. The number of ether oxygens (including phenoxy) is 2. The topological polar surface area (TPSA) is 59.1 Å². The van der Waals surface area contributed by atoms with Gasteiger partial charge in [-0.05, 0) is 19.1 Å². The van der Waals surface area contributed by atoms with Crippen LogP contribution < -0.4 is 9.47 Å². The average Bonchev–Trinajstić information content (AvgIpc) is 2.54. The van der Waals surface area contributed by atoms with Gasteiger partial charge in [0.2, 0.25) is 10.0 Å². The summed E-state index contributed by atoms with van der Waals surface area (Å²) in [6.45, 7) is 4.26. The Kier molecular flexibility index (Phi) is 5.60. The smallest absolute Gasteiger partial charge is 0.243 e. The highest BCUT2D eigenvalue weighted by Crippen LogP contribution is 2.30. The Hall–Kier alpha value is -0.960. The zero-order valence-electron chi connectivity index (χ0n) is 13.0. The zero-order valence-corrected chi connectivity index (χ0v) is 14.7. The molecule has 8 heteroatoms. The van der Waals surface area contributed by atoms with Gasteiger partial charge in [0.05, 0.1) is 19.1 Å². The SMILES string of the molecule is COc1ccc(S(=O)(=O)N2CCN(C(C)S)CC2)cc1OC. The summed E-state index contributed by atoms with van der Waals surface area (Å²) in [6.07, 6.45) is 0. The first kappa shape index (κ1) is 17.4. The Morgan fingerprint density at radius 1 is 1.09 bits per heavy atom. The third-order valence-electron chi connectivity index (χ3n) is 3.79. The monoisotopic (exact) mass is 346 g/mol. The summed E-state index contributed by atoms with van der Waals surface area (Å²) in [6, 6.07) is 4.66. The first-order chi connectivity index (χ1) is 10.4. The van der Waals surface area contributed by atoms with Crippen molar-refractivity contribution in [3.05, 3.63) is 18.2 Å². The van der Waals surface area contributed by atoms with Crippen LogP contribution >= 0.6 is 12.6 Å². The maximum absolute atomic E-state index is 12.7. The molecule has 22 heavy (non-hydrogen) atoms. The normalized spacial score (nSPS) is 18.9. The fraction of sp³-hybridized carbons (Fsp3) is 0.571. The van der Waals surface area contributed by atoms with Crippen LogP contribution in [0.4, 0.5) is 0 Å². The number of hydrogen-bond donors (Lipinski definition) is 1. The highest BCUT2D eigenvalue weighted by atomic mass is 32.2. The maximum Gasteiger partial charge on any atom is 0.243 e. The minimum atomic E-state index is -3.52. The van der Waals surface area contributed by atoms with E-state index in [-0.39, 0.29) is 10.3 Å². The molecule has 1 saturated heterocycles. The standard InChI is InChI=1S/C14H22N2O4S2/c1-11(21)15-6-8-16(9-7-15)22(17,18)12-4-5-13(19-2)14(10-12)20-3/h4-5,10-11,21H,6-9H2,1-3H3. The molecule has 0 bridgehead atoms. The molecule has 0 aromatic heterocycles. The van der Waals surface area contributed by atoms with Gasteiger partial charge in [0.15, 0.2) is 11.5 Å². The van der Waals surface area contributed by atoms with Crippen LogP contribution in [0.1, 0.15) is 6.92 Å². The molecule has 0 aliphatic carbocycles. The first-order valence-electron chi connectivity index (χ1n) is 7.04. The number of sulfonamides is 1. The quantitative estimate of drug-likeness (QED) is 0.814. The van der Waals surface area contributed by atoms with Gasteiger partial charge in [-0.1, -0.05) is 0 Å². The molecule has 1 heterocycles. The molecule has 6 nitrogen and oxygen atoms in total. The molecule has 1 aliphatic rings. The van der Waals surface area contributed by atoms with Crippen molar-refractivity contribution in [2.24, 2.45) is 0 Å². The van der Waals surface area contributed by atoms with Crippen molar-refractivity contribution in [2.45, 2.75) is 17.2 Å². The Balaban J connectivity index is 2.21. The number of piperazine rings is 1. The largest absolute Gasteiger partial charge is 0.493 e. The van der Waals surface area contributed by atoms with Gasteiger partial charge in [-0.2, -0.15) is 16.9 Å². The Morgan fingerprint density at radius 3 is 2.18 bits per heavy atom. The molecule has 124 valence electrons. The second kappa shape index (κ2) is 7.08. The Morgan fingerprint density at radius 2 is 1.68 bits per heavy atom. The molecular weight excluding hydrogens is 324 g/mol. The van der Waals surface area contributed by atoms with Crippen molar-refractivity contribution in [1.82, 2.24) is 9.21 Å². The van der Waals surface area contributed by atoms with E-state index in [9.17, 15) is 8.42 Å². The second-order valence-corrected chi connectivity index (χ2v) is 7.77. The molecule has 2 rings (SSSR count). The predicted octanol–water partition coefficient (Wildman–Crippen LogP) is 1.29. The van der Waals surface area contributed by atoms with E-state index in [2.05, 4.69) is 17.5 Å². The van der Waals surface area contributed by atoms with Crippen LogP contribution in [-0.2, 0) is 10.0 Å². The molecule has 0 spiro atoms. The summed E-state index contributed by atoms with van der Waals surface area (Å²) in [4.78, 5) is 2.36. The van der Waals surface area contributed by atoms with Crippen LogP contribution in [0.3, 0.4) is 0 Å². The number of hydrogen-bond acceptors (Lipinski definition) is 6. The van der Waals surface area contributed by atoms with Crippen molar-refractivity contribution < 1.29 is 17.9 Å². The molecule has 1 fully saturated rings. The van der Waals surface area contributed by atoms with Crippen LogP contribution in [0, 0.1) is 0 Å². The van der Waals surface area contributed by atoms with Gasteiger partial charge in [-0.15, -0.1) is 0 Å². The van der Waals surface area contributed by atoms with Crippen LogP contribution in [-0.4, -0.2) is 63.4 Å². The number of benzene rings is 1. The molecule has 0 radical (unpaired) electrons. The van der Waals surface area contributed by atoms with Crippen molar-refractivity contribution in [3.8, 4) is 11.5 Å². The molecule has 0 saturated carbocycles. The highest BCUT2D eigenvalue weighted by molar-refractivity contribution is 7.89. The molecule has 0 N–H and O–H groups in total. The van der Waals surface area contributed by atoms with Gasteiger partial charge in [0.1, 0.15) is 0 Å². The van der Waals surface area contributed by atoms with E-state index < -0.39 is 10.0 Å². The Labute approximate surface area is 137 Å². The average molecular weight is 346 g/mol. The Bertz CT molecular complexity index is 611. The summed E-state index contributed by atoms with van der Waals surface area (Å²) in [5, 5.41) is 0.130. The van der Waals surface area contributed by atoms with E-state index in [1.165, 1.54) is 24.6 Å². The number of thiol groups is 1.